The maximum atomic E-state index is 2.41. The van der Waals surface area contributed by atoms with Crippen LogP contribution < -0.4 is 13.7 Å². The Hall–Kier alpha value is -5.13. The maximum absolute atomic E-state index is 2.41. The van der Waals surface area contributed by atoms with Gasteiger partial charge in [0, 0.05) is 43.1 Å². The molecule has 210 valence electrons. The van der Waals surface area contributed by atoms with Crippen molar-refractivity contribution in [3.63, 3.8) is 0 Å². The van der Waals surface area contributed by atoms with Crippen LogP contribution in [-0.4, -0.2) is 4.40 Å². The highest BCUT2D eigenvalue weighted by Gasteiger charge is 2.29. The predicted octanol–water partition coefficient (Wildman–Crippen LogP) is 7.88. The average molecular weight is 588 g/mol. The first-order valence-electron chi connectivity index (χ1n) is 15.0. The summed E-state index contributed by atoms with van der Waals surface area (Å²) in [5.74, 6) is 0. The first kappa shape index (κ1) is 25.4. The SMILES string of the molecule is Cc1ccc2c(sc3ccccc32)c1-c1ccc2cccc(-c3ccc4c5ccccc5n5cc[n+](C)c5c4[n+]3C)c2[n+]1C. The minimum Gasteiger partial charge on any atom is -0.227 e. The van der Waals surface area contributed by atoms with Crippen molar-refractivity contribution in [2.75, 3.05) is 0 Å². The van der Waals surface area contributed by atoms with E-state index in [9.17, 15) is 0 Å². The van der Waals surface area contributed by atoms with E-state index >= 15 is 0 Å². The minimum atomic E-state index is 1.18. The molecule has 9 aromatic rings. The van der Waals surface area contributed by atoms with Crippen molar-refractivity contribution in [3.05, 3.63) is 121 Å². The summed E-state index contributed by atoms with van der Waals surface area (Å²) in [5, 5.41) is 6.40. The molecular formula is C39H31N4S+3. The van der Waals surface area contributed by atoms with Crippen LogP contribution in [-0.2, 0) is 21.1 Å². The lowest BCUT2D eigenvalue weighted by Crippen LogP contribution is -2.38. The third-order valence-corrected chi connectivity index (χ3v) is 10.7. The van der Waals surface area contributed by atoms with Gasteiger partial charge in [-0.15, -0.1) is 11.3 Å². The zero-order valence-electron chi connectivity index (χ0n) is 25.2. The normalized spacial score (nSPS) is 12.1. The number of aromatic nitrogens is 4. The van der Waals surface area contributed by atoms with Crippen molar-refractivity contribution in [2.45, 2.75) is 6.92 Å². The van der Waals surface area contributed by atoms with Crippen molar-refractivity contribution in [1.29, 1.82) is 0 Å². The van der Waals surface area contributed by atoms with E-state index in [-0.39, 0.29) is 0 Å². The molecule has 0 N–H and O–H groups in total. The fourth-order valence-electron chi connectivity index (χ4n) is 7.41. The van der Waals surface area contributed by atoms with Crippen molar-refractivity contribution >= 4 is 69.9 Å². The molecule has 0 aliphatic heterocycles. The Kier molecular flexibility index (Phi) is 5.30. The third-order valence-electron chi connectivity index (χ3n) is 9.50. The second kappa shape index (κ2) is 9.18. The van der Waals surface area contributed by atoms with Gasteiger partial charge in [0.05, 0.1) is 18.0 Å². The van der Waals surface area contributed by atoms with Gasteiger partial charge < -0.3 is 0 Å². The summed E-state index contributed by atoms with van der Waals surface area (Å²) in [5.41, 5.74) is 11.1. The van der Waals surface area contributed by atoms with Crippen molar-refractivity contribution in [2.24, 2.45) is 21.1 Å². The molecule has 5 aromatic heterocycles. The molecule has 5 heterocycles. The Labute approximate surface area is 258 Å². The Balaban J connectivity index is 1.36. The molecule has 0 atom stereocenters. The van der Waals surface area contributed by atoms with Crippen LogP contribution in [0.15, 0.2) is 116 Å². The van der Waals surface area contributed by atoms with E-state index in [4.69, 9.17) is 0 Å². The van der Waals surface area contributed by atoms with Gasteiger partial charge in [-0.2, -0.15) is 13.5 Å². The highest BCUT2D eigenvalue weighted by molar-refractivity contribution is 7.26. The van der Waals surface area contributed by atoms with Gasteiger partial charge in [-0.25, -0.2) is 4.57 Å². The van der Waals surface area contributed by atoms with Crippen LogP contribution in [0.5, 0.6) is 0 Å². The second-order valence-electron chi connectivity index (χ2n) is 11.9. The van der Waals surface area contributed by atoms with Gasteiger partial charge >= 0.3 is 11.2 Å². The molecule has 0 fully saturated rings. The molecule has 0 aliphatic rings. The van der Waals surface area contributed by atoms with E-state index in [1.165, 1.54) is 86.6 Å². The molecule has 0 aliphatic carbocycles. The number of nitrogens with zero attached hydrogens (tertiary/aromatic N) is 4. The molecule has 0 amide bonds. The molecule has 5 heteroatoms. The second-order valence-corrected chi connectivity index (χ2v) is 13.0. The number of para-hydroxylation sites is 2. The molecule has 0 saturated carbocycles. The number of benzene rings is 4. The smallest absolute Gasteiger partial charge is 0.227 e. The molecule has 0 unspecified atom stereocenters. The van der Waals surface area contributed by atoms with E-state index < -0.39 is 0 Å². The van der Waals surface area contributed by atoms with Crippen LogP contribution in [0.1, 0.15) is 5.56 Å². The lowest BCUT2D eigenvalue weighted by Gasteiger charge is -2.11. The largest absolute Gasteiger partial charge is 0.360 e. The molecule has 0 bridgehead atoms. The fraction of sp³-hybridized carbons (Fsp3) is 0.103. The Bertz CT molecular complexity index is 2660. The lowest BCUT2D eigenvalue weighted by molar-refractivity contribution is -0.659. The van der Waals surface area contributed by atoms with Crippen molar-refractivity contribution in [3.8, 4) is 22.5 Å². The molecule has 44 heavy (non-hydrogen) atoms. The number of thiophene rings is 1. The topological polar surface area (TPSA) is 16.0 Å². The third kappa shape index (κ3) is 3.36. The number of imidazole rings is 1. The van der Waals surface area contributed by atoms with Crippen LogP contribution in [0.2, 0.25) is 0 Å². The molecule has 4 aromatic carbocycles. The average Bonchev–Trinajstić information content (AvgIpc) is 3.62. The van der Waals surface area contributed by atoms with Crippen LogP contribution in [0, 0.1) is 6.92 Å². The summed E-state index contributed by atoms with van der Waals surface area (Å²) < 4.78 is 12.0. The van der Waals surface area contributed by atoms with Gasteiger partial charge in [-0.1, -0.05) is 48.5 Å². The highest BCUT2D eigenvalue weighted by atomic mass is 32.1. The van der Waals surface area contributed by atoms with Crippen molar-refractivity contribution < 1.29 is 13.7 Å². The number of aryl methyl sites for hydroxylation is 4. The first-order valence-corrected chi connectivity index (χ1v) is 15.9. The van der Waals surface area contributed by atoms with Crippen molar-refractivity contribution in [1.82, 2.24) is 4.40 Å². The van der Waals surface area contributed by atoms with Gasteiger partial charge in [0.25, 0.3) is 0 Å². The number of hydrogen-bond acceptors (Lipinski definition) is 1. The summed E-state index contributed by atoms with van der Waals surface area (Å²) in [4.78, 5) is 0. The van der Waals surface area contributed by atoms with E-state index in [1.54, 1.807) is 0 Å². The first-order chi connectivity index (χ1) is 21.5. The van der Waals surface area contributed by atoms with Gasteiger partial charge in [0.1, 0.15) is 37.6 Å². The number of hydrogen-bond donors (Lipinski definition) is 0. The molecule has 4 nitrogen and oxygen atoms in total. The zero-order valence-corrected chi connectivity index (χ0v) is 26.0. The van der Waals surface area contributed by atoms with Crippen LogP contribution in [0.4, 0.5) is 0 Å². The fourth-order valence-corrected chi connectivity index (χ4v) is 8.72. The van der Waals surface area contributed by atoms with Crippen LogP contribution >= 0.6 is 11.3 Å². The van der Waals surface area contributed by atoms with Gasteiger partial charge in [0.2, 0.25) is 16.9 Å². The number of rotatable bonds is 2. The van der Waals surface area contributed by atoms with Crippen LogP contribution in [0.25, 0.3) is 81.0 Å². The quantitative estimate of drug-likeness (QED) is 0.145. The molecule has 9 rings (SSSR count). The molecule has 0 radical (unpaired) electrons. The summed E-state index contributed by atoms with van der Waals surface area (Å²) in [6.45, 7) is 2.24. The Morgan fingerprint density at radius 3 is 2.25 bits per heavy atom. The lowest BCUT2D eigenvalue weighted by atomic mass is 9.98. The van der Waals surface area contributed by atoms with E-state index in [2.05, 4.69) is 162 Å². The molecule has 0 saturated heterocycles. The summed E-state index contributed by atoms with van der Waals surface area (Å²) in [6.07, 6.45) is 4.32. The summed E-state index contributed by atoms with van der Waals surface area (Å²) >= 11 is 1.90. The van der Waals surface area contributed by atoms with Crippen LogP contribution in [0.3, 0.4) is 0 Å². The molecular weight excluding hydrogens is 557 g/mol. The summed E-state index contributed by atoms with van der Waals surface area (Å²) in [6, 6.07) is 37.9. The van der Waals surface area contributed by atoms with Gasteiger partial charge in [0.15, 0.2) is 0 Å². The number of fused-ring (bicyclic) bond motifs is 10. The Morgan fingerprint density at radius 2 is 1.36 bits per heavy atom. The number of pyridine rings is 3. The maximum Gasteiger partial charge on any atom is 0.360 e. The standard InChI is InChI=1S/C39H31N4S/c1-24-16-18-29-27-12-6-8-15-34(27)44-38(29)35(24)33-20-17-25-10-9-13-30(36(25)42(33)4)31-21-19-28-26-11-5-7-14-32(26)43-23-22-40(2)39(43)37(28)41(31)3/h5-23H,1-4H3/q+3. The Morgan fingerprint density at radius 1 is 0.614 bits per heavy atom. The molecule has 0 spiro atoms. The van der Waals surface area contributed by atoms with Gasteiger partial charge in [-0.3, -0.25) is 0 Å². The van der Waals surface area contributed by atoms with Gasteiger partial charge in [-0.05, 0) is 55.0 Å². The predicted molar refractivity (Wildman–Crippen MR) is 182 cm³/mol. The monoisotopic (exact) mass is 587 g/mol. The zero-order chi connectivity index (χ0) is 29.7. The highest BCUT2D eigenvalue weighted by Crippen LogP contribution is 2.41. The summed E-state index contributed by atoms with van der Waals surface area (Å²) in [7, 11) is 6.58. The van der Waals surface area contributed by atoms with E-state index in [0.29, 0.717) is 0 Å². The minimum absolute atomic E-state index is 1.18. The van der Waals surface area contributed by atoms with E-state index in [1.807, 2.05) is 11.3 Å². The van der Waals surface area contributed by atoms with E-state index in [0.717, 1.165) is 0 Å².